The van der Waals surface area contributed by atoms with E-state index in [1.54, 1.807) is 4.90 Å². The van der Waals surface area contributed by atoms with Crippen molar-refractivity contribution >= 4 is 11.7 Å². The Morgan fingerprint density at radius 3 is 2.90 bits per heavy atom. The van der Waals surface area contributed by atoms with Gasteiger partial charge in [0, 0.05) is 25.8 Å². The van der Waals surface area contributed by atoms with Crippen molar-refractivity contribution in [2.75, 3.05) is 31.1 Å². The molecule has 0 spiro atoms. The predicted molar refractivity (Wildman–Crippen MR) is 108 cm³/mol. The maximum atomic E-state index is 13.3. The number of nitrogens with zero attached hydrogens (tertiary/aromatic N) is 2. The largest absolute Gasteiger partial charge is 0.494 e. The molecular weight excluding hydrogens is 395 g/mol. The van der Waals surface area contributed by atoms with Gasteiger partial charge in [-0.15, -0.1) is 0 Å². The second-order valence-corrected chi connectivity index (χ2v) is 7.47. The van der Waals surface area contributed by atoms with E-state index < -0.39 is 11.7 Å². The van der Waals surface area contributed by atoms with Crippen LogP contribution in [0.5, 0.6) is 5.75 Å². The third-order valence-electron chi connectivity index (χ3n) is 5.06. The van der Waals surface area contributed by atoms with E-state index >= 15 is 0 Å². The highest BCUT2D eigenvalue weighted by Gasteiger charge is 2.37. The summed E-state index contributed by atoms with van der Waals surface area (Å²) >= 11 is 0. The number of nitrogens with one attached hydrogen (secondary N) is 1. The average Bonchev–Trinajstić information content (AvgIpc) is 2.73. The van der Waals surface area contributed by atoms with Gasteiger partial charge < -0.3 is 15.0 Å². The summed E-state index contributed by atoms with van der Waals surface area (Å²) in [6, 6.07) is 10.0. The number of ether oxygens (including phenoxy) is 1. The molecule has 8 heteroatoms. The number of hydrogen-bond acceptors (Lipinski definition) is 4. The van der Waals surface area contributed by atoms with Gasteiger partial charge in [0.25, 0.3) is 0 Å². The third-order valence-corrected chi connectivity index (χ3v) is 5.06. The fourth-order valence-electron chi connectivity index (χ4n) is 3.58. The number of amides is 1. The first kappa shape index (κ1) is 21.9. The van der Waals surface area contributed by atoms with Crippen molar-refractivity contribution in [2.45, 2.75) is 32.4 Å². The van der Waals surface area contributed by atoms with Crippen LogP contribution in [0.2, 0.25) is 0 Å². The van der Waals surface area contributed by atoms with Crippen LogP contribution in [0, 0.1) is 12.8 Å². The van der Waals surface area contributed by atoms with Gasteiger partial charge >= 0.3 is 6.18 Å². The van der Waals surface area contributed by atoms with Gasteiger partial charge in [0.1, 0.15) is 11.6 Å². The zero-order valence-electron chi connectivity index (χ0n) is 16.9. The molecule has 1 aliphatic heterocycles. The summed E-state index contributed by atoms with van der Waals surface area (Å²) in [6.45, 7) is 3.60. The van der Waals surface area contributed by atoms with E-state index in [1.807, 2.05) is 31.2 Å². The number of anilines is 1. The number of carbonyl (C=O) groups excluding carboxylic acids is 1. The number of benzene rings is 1. The number of rotatable bonds is 7. The number of alkyl halides is 3. The Hall–Kier alpha value is -2.77. The van der Waals surface area contributed by atoms with Crippen LogP contribution in [0.15, 0.2) is 42.6 Å². The molecule has 1 atom stereocenters. The van der Waals surface area contributed by atoms with Crippen molar-refractivity contribution in [3.05, 3.63) is 53.7 Å². The second kappa shape index (κ2) is 9.82. The molecule has 1 unspecified atom stereocenters. The molecule has 5 nitrogen and oxygen atoms in total. The van der Waals surface area contributed by atoms with Gasteiger partial charge in [-0.3, -0.25) is 4.79 Å². The van der Waals surface area contributed by atoms with Crippen LogP contribution in [0.3, 0.4) is 0 Å². The van der Waals surface area contributed by atoms with Gasteiger partial charge in [-0.05, 0) is 56.0 Å². The molecule has 0 aliphatic carbocycles. The van der Waals surface area contributed by atoms with Gasteiger partial charge in [0.15, 0.2) is 0 Å². The van der Waals surface area contributed by atoms with E-state index in [0.717, 1.165) is 17.4 Å². The minimum atomic E-state index is -4.48. The van der Waals surface area contributed by atoms with Crippen LogP contribution in [-0.4, -0.2) is 37.1 Å². The van der Waals surface area contributed by atoms with E-state index in [2.05, 4.69) is 10.3 Å². The summed E-state index contributed by atoms with van der Waals surface area (Å²) in [6.07, 6.45) is -1.19. The predicted octanol–water partition coefficient (Wildman–Crippen LogP) is 4.21. The number of halogens is 3. The van der Waals surface area contributed by atoms with Crippen LogP contribution >= 0.6 is 0 Å². The summed E-state index contributed by atoms with van der Waals surface area (Å²) in [5, 5.41) is 2.88. The maximum absolute atomic E-state index is 13.3. The lowest BCUT2D eigenvalue weighted by atomic mass is 9.96. The van der Waals surface area contributed by atoms with Gasteiger partial charge in [0.05, 0.1) is 18.1 Å². The van der Waals surface area contributed by atoms with Crippen molar-refractivity contribution in [1.29, 1.82) is 0 Å². The number of aromatic nitrogens is 1. The molecule has 1 aromatic carbocycles. The standard InChI is InChI=1S/C22H26F3N3O2/c1-16-6-2-8-18(14-16)30-13-5-11-27-21(29)17-7-4-12-28(15-17)20-19(22(23,24)25)9-3-10-26-20/h2-3,6,8-10,14,17H,4-5,7,11-13,15H2,1H3,(H,27,29). The molecule has 1 aliphatic rings. The van der Waals surface area contributed by atoms with Crippen LogP contribution in [0.25, 0.3) is 0 Å². The van der Waals surface area contributed by atoms with Crippen molar-refractivity contribution in [3.63, 3.8) is 0 Å². The van der Waals surface area contributed by atoms with E-state index in [4.69, 9.17) is 4.74 Å². The topological polar surface area (TPSA) is 54.5 Å². The number of aryl methyl sites for hydroxylation is 1. The Labute approximate surface area is 174 Å². The lowest BCUT2D eigenvalue weighted by molar-refractivity contribution is -0.137. The van der Waals surface area contributed by atoms with E-state index in [0.29, 0.717) is 39.0 Å². The fraction of sp³-hybridized carbons (Fsp3) is 0.455. The number of piperidine rings is 1. The lowest BCUT2D eigenvalue weighted by Gasteiger charge is -2.34. The number of hydrogen-bond donors (Lipinski definition) is 1. The molecule has 1 amide bonds. The Bertz CT molecular complexity index is 858. The molecule has 3 rings (SSSR count). The van der Waals surface area contributed by atoms with E-state index in [-0.39, 0.29) is 24.2 Å². The Morgan fingerprint density at radius 2 is 2.13 bits per heavy atom. The Morgan fingerprint density at radius 1 is 1.30 bits per heavy atom. The SMILES string of the molecule is Cc1cccc(OCCCNC(=O)C2CCCN(c3ncccc3C(F)(F)F)C2)c1. The molecule has 30 heavy (non-hydrogen) atoms. The van der Waals surface area contributed by atoms with Crippen molar-refractivity contribution in [1.82, 2.24) is 10.3 Å². The van der Waals surface area contributed by atoms with Crippen LogP contribution in [-0.2, 0) is 11.0 Å². The summed E-state index contributed by atoms with van der Waals surface area (Å²) in [4.78, 5) is 18.0. The van der Waals surface area contributed by atoms with Crippen molar-refractivity contribution in [3.8, 4) is 5.75 Å². The first-order valence-corrected chi connectivity index (χ1v) is 10.1. The molecule has 162 valence electrons. The molecule has 0 bridgehead atoms. The van der Waals surface area contributed by atoms with Crippen molar-refractivity contribution in [2.24, 2.45) is 5.92 Å². The summed E-state index contributed by atoms with van der Waals surface area (Å²) in [5.74, 6) is 0.188. The molecular formula is C22H26F3N3O2. The van der Waals surface area contributed by atoms with Gasteiger partial charge in [-0.2, -0.15) is 13.2 Å². The normalized spacial score (nSPS) is 16.9. The van der Waals surface area contributed by atoms with Gasteiger partial charge in [-0.1, -0.05) is 12.1 Å². The third kappa shape index (κ3) is 5.87. The van der Waals surface area contributed by atoms with Gasteiger partial charge in [0.2, 0.25) is 5.91 Å². The molecule has 1 fully saturated rings. The second-order valence-electron chi connectivity index (χ2n) is 7.47. The first-order chi connectivity index (χ1) is 14.3. The minimum Gasteiger partial charge on any atom is -0.494 e. The fourth-order valence-corrected chi connectivity index (χ4v) is 3.58. The highest BCUT2D eigenvalue weighted by atomic mass is 19.4. The van der Waals surface area contributed by atoms with Crippen LogP contribution in [0.4, 0.5) is 19.0 Å². The number of carbonyl (C=O) groups is 1. The smallest absolute Gasteiger partial charge is 0.419 e. The molecule has 2 heterocycles. The zero-order chi connectivity index (χ0) is 21.6. The Balaban J connectivity index is 1.48. The monoisotopic (exact) mass is 421 g/mol. The molecule has 1 aromatic heterocycles. The summed E-state index contributed by atoms with van der Waals surface area (Å²) < 4.78 is 45.5. The highest BCUT2D eigenvalue weighted by Crippen LogP contribution is 2.36. The minimum absolute atomic E-state index is 0.103. The maximum Gasteiger partial charge on any atom is 0.419 e. The molecule has 1 N–H and O–H groups in total. The van der Waals surface area contributed by atoms with Crippen LogP contribution < -0.4 is 15.0 Å². The van der Waals surface area contributed by atoms with E-state index in [9.17, 15) is 18.0 Å². The van der Waals surface area contributed by atoms with E-state index in [1.165, 1.54) is 12.3 Å². The summed E-state index contributed by atoms with van der Waals surface area (Å²) in [7, 11) is 0. The highest BCUT2D eigenvalue weighted by molar-refractivity contribution is 5.79. The molecule has 1 saturated heterocycles. The van der Waals surface area contributed by atoms with Crippen LogP contribution in [0.1, 0.15) is 30.4 Å². The molecule has 0 radical (unpaired) electrons. The average molecular weight is 421 g/mol. The molecule has 0 saturated carbocycles. The molecule has 2 aromatic rings. The first-order valence-electron chi connectivity index (χ1n) is 10.1. The quantitative estimate of drug-likeness (QED) is 0.681. The lowest BCUT2D eigenvalue weighted by Crippen LogP contribution is -2.44. The van der Waals surface area contributed by atoms with Crippen molar-refractivity contribution < 1.29 is 22.7 Å². The van der Waals surface area contributed by atoms with Gasteiger partial charge in [-0.25, -0.2) is 4.98 Å². The summed E-state index contributed by atoms with van der Waals surface area (Å²) in [5.41, 5.74) is 0.351. The Kier molecular flexibility index (Phi) is 7.18. The number of pyridine rings is 1. The zero-order valence-corrected chi connectivity index (χ0v) is 16.9.